The molecule has 0 saturated heterocycles. The maximum atomic E-state index is 13.1. The van der Waals surface area contributed by atoms with E-state index in [4.69, 9.17) is 37.0 Å². The molecule has 0 aliphatic rings. The molecule has 0 aliphatic carbocycles. The molecule has 0 bridgehead atoms. The summed E-state index contributed by atoms with van der Waals surface area (Å²) in [6.45, 7) is 14.1. The molecular formula is C74H144O17P2. The van der Waals surface area contributed by atoms with Crippen LogP contribution in [-0.4, -0.2) is 96.7 Å². The number of aliphatic hydroxyl groups excluding tert-OH is 1. The Labute approximate surface area is 568 Å². The van der Waals surface area contributed by atoms with Gasteiger partial charge in [0.15, 0.2) is 12.2 Å². The van der Waals surface area contributed by atoms with E-state index in [1.165, 1.54) is 167 Å². The molecule has 0 saturated carbocycles. The third-order valence-electron chi connectivity index (χ3n) is 17.1. The number of hydrogen-bond acceptors (Lipinski definition) is 15. The molecule has 93 heavy (non-hydrogen) atoms. The highest BCUT2D eigenvalue weighted by Crippen LogP contribution is 2.45. The van der Waals surface area contributed by atoms with Crippen molar-refractivity contribution in [3.63, 3.8) is 0 Å². The van der Waals surface area contributed by atoms with E-state index in [-0.39, 0.29) is 25.7 Å². The molecule has 5 atom stereocenters. The van der Waals surface area contributed by atoms with Crippen molar-refractivity contribution in [2.24, 2.45) is 23.7 Å². The molecular weight excluding hydrogens is 1220 g/mol. The predicted molar refractivity (Wildman–Crippen MR) is 377 cm³/mol. The molecule has 3 N–H and O–H groups in total. The van der Waals surface area contributed by atoms with Gasteiger partial charge in [-0.05, 0) is 49.4 Å². The molecule has 552 valence electrons. The first-order valence-electron chi connectivity index (χ1n) is 38.2. The Kier molecular flexibility index (Phi) is 62.2. The minimum absolute atomic E-state index is 0.102. The van der Waals surface area contributed by atoms with Gasteiger partial charge >= 0.3 is 39.5 Å². The highest BCUT2D eigenvalue weighted by molar-refractivity contribution is 7.47. The predicted octanol–water partition coefficient (Wildman–Crippen LogP) is 21.3. The van der Waals surface area contributed by atoms with E-state index in [9.17, 15) is 43.2 Å². The molecule has 0 rings (SSSR count). The van der Waals surface area contributed by atoms with Gasteiger partial charge in [0.2, 0.25) is 0 Å². The lowest BCUT2D eigenvalue weighted by Crippen LogP contribution is -2.30. The molecule has 0 aromatic carbocycles. The third-order valence-corrected chi connectivity index (χ3v) is 19.0. The number of phosphoric ester groups is 2. The van der Waals surface area contributed by atoms with Crippen LogP contribution in [0.1, 0.15) is 370 Å². The highest BCUT2D eigenvalue weighted by atomic mass is 31.2. The lowest BCUT2D eigenvalue weighted by Gasteiger charge is -2.21. The number of unbranched alkanes of at least 4 members (excludes halogenated alkanes) is 37. The number of aliphatic hydroxyl groups is 1. The standard InChI is InChI=1S/C74H144O17P2/c1-64(2)50-42-34-26-20-16-13-11-9-10-12-14-18-22-30-38-46-54-71(76)84-60-69(90-73(78)56-48-40-31-23-19-15-17-21-27-35-43-51-65(3)4)62-88-92(80,81)86-58-68(75)59-87-93(82,83)89-63-70(91-74(79)57-49-41-33-25-29-37-45-53-67(7)8)61-85-72(77)55-47-39-32-24-28-36-44-52-66(5)6/h64-70,75H,9-63H2,1-8H3,(H,80,81)(H,82,83)/t68?,69-,70-/m1/s1. The zero-order valence-corrected chi connectivity index (χ0v) is 62.7. The largest absolute Gasteiger partial charge is 0.472 e. The van der Waals surface area contributed by atoms with Crippen molar-refractivity contribution in [1.82, 2.24) is 0 Å². The first-order valence-corrected chi connectivity index (χ1v) is 41.2. The number of carbonyl (C=O) groups excluding carboxylic acids is 4. The monoisotopic (exact) mass is 1370 g/mol. The molecule has 0 heterocycles. The van der Waals surface area contributed by atoms with Gasteiger partial charge in [0.05, 0.1) is 26.4 Å². The molecule has 19 heteroatoms. The van der Waals surface area contributed by atoms with Gasteiger partial charge < -0.3 is 33.8 Å². The lowest BCUT2D eigenvalue weighted by molar-refractivity contribution is -0.161. The van der Waals surface area contributed by atoms with Crippen molar-refractivity contribution < 1.29 is 80.2 Å². The molecule has 0 amide bonds. The van der Waals surface area contributed by atoms with E-state index in [2.05, 4.69) is 55.4 Å². The van der Waals surface area contributed by atoms with Gasteiger partial charge in [0, 0.05) is 25.7 Å². The number of carbonyl (C=O) groups is 4. The van der Waals surface area contributed by atoms with Gasteiger partial charge in [-0.15, -0.1) is 0 Å². The Morgan fingerprint density at radius 3 is 0.667 bits per heavy atom. The summed E-state index contributed by atoms with van der Waals surface area (Å²) in [5.41, 5.74) is 0. The molecule has 0 aromatic heterocycles. The Morgan fingerprint density at radius 2 is 0.452 bits per heavy atom. The second kappa shape index (κ2) is 63.5. The van der Waals surface area contributed by atoms with E-state index in [1.54, 1.807) is 0 Å². The van der Waals surface area contributed by atoms with E-state index in [0.717, 1.165) is 108 Å². The number of phosphoric acid groups is 2. The Balaban J connectivity index is 5.21. The van der Waals surface area contributed by atoms with E-state index >= 15 is 0 Å². The smallest absolute Gasteiger partial charge is 0.462 e. The second-order valence-corrected chi connectivity index (χ2v) is 31.5. The van der Waals surface area contributed by atoms with E-state index < -0.39 is 97.5 Å². The van der Waals surface area contributed by atoms with Crippen LogP contribution in [0, 0.1) is 23.7 Å². The molecule has 0 fully saturated rings. The van der Waals surface area contributed by atoms with Crippen LogP contribution in [0.15, 0.2) is 0 Å². The van der Waals surface area contributed by atoms with Crippen molar-refractivity contribution in [2.75, 3.05) is 39.6 Å². The van der Waals surface area contributed by atoms with Gasteiger partial charge in [-0.25, -0.2) is 9.13 Å². The minimum atomic E-state index is -4.96. The average molecular weight is 1370 g/mol. The first kappa shape index (κ1) is 91.1. The minimum Gasteiger partial charge on any atom is -0.462 e. The van der Waals surface area contributed by atoms with Crippen LogP contribution >= 0.6 is 15.6 Å². The topological polar surface area (TPSA) is 237 Å². The molecule has 3 unspecified atom stereocenters. The summed E-state index contributed by atoms with van der Waals surface area (Å²) in [6.07, 6.45) is 47.5. The Hall–Kier alpha value is -1.94. The van der Waals surface area contributed by atoms with Gasteiger partial charge in [0.25, 0.3) is 0 Å². The van der Waals surface area contributed by atoms with Crippen molar-refractivity contribution >= 4 is 39.5 Å². The fourth-order valence-corrected chi connectivity index (χ4v) is 12.8. The van der Waals surface area contributed by atoms with Crippen LogP contribution in [-0.2, 0) is 65.4 Å². The van der Waals surface area contributed by atoms with Crippen molar-refractivity contribution in [2.45, 2.75) is 388 Å². The maximum Gasteiger partial charge on any atom is 0.472 e. The van der Waals surface area contributed by atoms with Crippen LogP contribution < -0.4 is 0 Å². The van der Waals surface area contributed by atoms with Gasteiger partial charge in [-0.2, -0.15) is 0 Å². The zero-order valence-electron chi connectivity index (χ0n) is 60.9. The molecule has 0 spiro atoms. The summed E-state index contributed by atoms with van der Waals surface area (Å²) in [4.78, 5) is 72.6. The summed E-state index contributed by atoms with van der Waals surface area (Å²) in [6, 6.07) is 0. The van der Waals surface area contributed by atoms with Crippen LogP contribution in [0.25, 0.3) is 0 Å². The number of ether oxygens (including phenoxy) is 4. The fourth-order valence-electron chi connectivity index (χ4n) is 11.2. The molecule has 17 nitrogen and oxygen atoms in total. The first-order chi connectivity index (χ1) is 44.6. The summed E-state index contributed by atoms with van der Waals surface area (Å²) >= 11 is 0. The summed E-state index contributed by atoms with van der Waals surface area (Å²) in [7, 11) is -9.91. The number of esters is 4. The summed E-state index contributed by atoms with van der Waals surface area (Å²) in [5, 5.41) is 10.6. The normalized spacial score (nSPS) is 14.2. The summed E-state index contributed by atoms with van der Waals surface area (Å²) in [5.74, 6) is 0.852. The third kappa shape index (κ3) is 68.4. The molecule has 0 aromatic rings. The number of hydrogen-bond donors (Lipinski definition) is 3. The molecule has 0 radical (unpaired) electrons. The van der Waals surface area contributed by atoms with Gasteiger partial charge in [0.1, 0.15) is 19.3 Å². The van der Waals surface area contributed by atoms with Crippen LogP contribution in [0.4, 0.5) is 0 Å². The van der Waals surface area contributed by atoms with Crippen LogP contribution in [0.3, 0.4) is 0 Å². The van der Waals surface area contributed by atoms with Crippen LogP contribution in [0.5, 0.6) is 0 Å². The summed E-state index contributed by atoms with van der Waals surface area (Å²) < 4.78 is 68.4. The highest BCUT2D eigenvalue weighted by Gasteiger charge is 2.30. The van der Waals surface area contributed by atoms with Crippen molar-refractivity contribution in [1.29, 1.82) is 0 Å². The van der Waals surface area contributed by atoms with E-state index in [0.29, 0.717) is 37.5 Å². The van der Waals surface area contributed by atoms with Crippen molar-refractivity contribution in [3.05, 3.63) is 0 Å². The van der Waals surface area contributed by atoms with Crippen LogP contribution in [0.2, 0.25) is 0 Å². The lowest BCUT2D eigenvalue weighted by atomic mass is 10.0. The van der Waals surface area contributed by atoms with Crippen molar-refractivity contribution in [3.8, 4) is 0 Å². The quantitative estimate of drug-likeness (QED) is 0.0222. The number of rotatable bonds is 71. The molecule has 0 aliphatic heterocycles. The SMILES string of the molecule is CC(C)CCCCCCCCCCCCCCCCCCC(=O)OC[C@H](COP(=O)(O)OCC(O)COP(=O)(O)OC[C@@H](COC(=O)CCCCCCCCCC(C)C)OC(=O)CCCCCCCCCC(C)C)OC(=O)CCCCCCCCCCCCCC(C)C. The fraction of sp³-hybridized carbons (Fsp3) is 0.946. The second-order valence-electron chi connectivity index (χ2n) is 28.6. The van der Waals surface area contributed by atoms with Gasteiger partial charge in [-0.3, -0.25) is 37.3 Å². The zero-order chi connectivity index (χ0) is 68.9. The van der Waals surface area contributed by atoms with Gasteiger partial charge in [-0.1, -0.05) is 319 Å². The maximum absolute atomic E-state index is 13.1. The average Bonchev–Trinajstić information content (AvgIpc) is 2.67. The Morgan fingerprint density at radius 1 is 0.269 bits per heavy atom. The Bertz CT molecular complexity index is 1830. The van der Waals surface area contributed by atoms with E-state index in [1.807, 2.05) is 0 Å².